The number of rotatable bonds is 10. The van der Waals surface area contributed by atoms with Crippen molar-refractivity contribution >= 4 is 36.9 Å². The highest BCUT2D eigenvalue weighted by Crippen LogP contribution is 2.37. The summed E-state index contributed by atoms with van der Waals surface area (Å²) in [6.07, 6.45) is 1.55. The molecule has 3 fully saturated rings. The lowest BCUT2D eigenvalue weighted by atomic mass is 9.88. The van der Waals surface area contributed by atoms with Crippen molar-refractivity contribution in [3.63, 3.8) is 0 Å². The monoisotopic (exact) mass is 679 g/mol. The van der Waals surface area contributed by atoms with E-state index in [-0.39, 0.29) is 59.7 Å². The zero-order valence-corrected chi connectivity index (χ0v) is 26.3. The number of pyridine rings is 1. The number of halogens is 1. The van der Waals surface area contributed by atoms with Crippen LogP contribution in [0.3, 0.4) is 0 Å². The molecule has 16 heteroatoms. The Labute approximate surface area is 264 Å². The molecule has 3 aliphatic rings. The van der Waals surface area contributed by atoms with Gasteiger partial charge in [0.2, 0.25) is 15.5 Å². The summed E-state index contributed by atoms with van der Waals surface area (Å²) in [5.41, 5.74) is -1.17. The third-order valence-electron chi connectivity index (χ3n) is 8.54. The van der Waals surface area contributed by atoms with E-state index in [0.29, 0.717) is 32.1 Å². The fourth-order valence-electron chi connectivity index (χ4n) is 5.86. The van der Waals surface area contributed by atoms with Crippen molar-refractivity contribution in [2.45, 2.75) is 64.9 Å². The van der Waals surface area contributed by atoms with Gasteiger partial charge in [-0.25, -0.2) is 26.0 Å². The van der Waals surface area contributed by atoms with Gasteiger partial charge in [-0.15, -0.1) is 0 Å². The summed E-state index contributed by atoms with van der Waals surface area (Å²) in [5, 5.41) is 12.7. The van der Waals surface area contributed by atoms with Crippen LogP contribution in [0.4, 0.5) is 9.18 Å². The number of piperidine rings is 1. The Kier molecular flexibility index (Phi) is 8.84. The summed E-state index contributed by atoms with van der Waals surface area (Å²) in [7, 11) is -7.51. The number of amides is 1. The third kappa shape index (κ3) is 6.76. The molecule has 3 heterocycles. The third-order valence-corrected chi connectivity index (χ3v) is 12.7. The molecular weight excluding hydrogens is 645 g/mol. The van der Waals surface area contributed by atoms with Gasteiger partial charge in [-0.3, -0.25) is 4.79 Å². The number of benzene rings is 2. The van der Waals surface area contributed by atoms with E-state index >= 15 is 0 Å². The van der Waals surface area contributed by atoms with E-state index in [0.717, 1.165) is 18.3 Å². The molecule has 2 aliphatic heterocycles. The number of carbonyl (C=O) groups is 1. The number of sulfone groups is 1. The zero-order chi connectivity index (χ0) is 32.7. The lowest BCUT2D eigenvalue weighted by molar-refractivity contribution is -0.0312. The van der Waals surface area contributed by atoms with E-state index in [1.54, 1.807) is 12.1 Å². The molecule has 1 aromatic heterocycles. The number of fused-ring (bicyclic) bond motifs is 1. The second kappa shape index (κ2) is 12.6. The normalized spacial score (nSPS) is 20.9. The van der Waals surface area contributed by atoms with Crippen LogP contribution in [0, 0.1) is 5.82 Å². The Balaban J connectivity index is 0.955. The van der Waals surface area contributed by atoms with Crippen molar-refractivity contribution in [2.75, 3.05) is 32.9 Å². The summed E-state index contributed by atoms with van der Waals surface area (Å²) < 4.78 is 83.0. The minimum Gasteiger partial charge on any atom is -0.491 e. The number of aromatic amines is 1. The number of nitrogens with one attached hydrogen (secondary N) is 2. The maximum absolute atomic E-state index is 13.5. The Morgan fingerprint density at radius 3 is 2.63 bits per heavy atom. The van der Waals surface area contributed by atoms with E-state index in [1.807, 2.05) is 0 Å². The van der Waals surface area contributed by atoms with Crippen LogP contribution in [-0.2, 0) is 29.3 Å². The largest absolute Gasteiger partial charge is 0.491 e. The molecule has 2 saturated heterocycles. The van der Waals surface area contributed by atoms with E-state index in [4.69, 9.17) is 14.2 Å². The first kappa shape index (κ1) is 32.4. The summed E-state index contributed by atoms with van der Waals surface area (Å²) in [4.78, 5) is 27.8. The molecule has 2 atom stereocenters. The van der Waals surface area contributed by atoms with Gasteiger partial charge in [-0.1, -0.05) is 6.07 Å². The highest BCUT2D eigenvalue weighted by molar-refractivity contribution is 7.92. The fourth-order valence-corrected chi connectivity index (χ4v) is 9.04. The van der Waals surface area contributed by atoms with Crippen LogP contribution >= 0.6 is 0 Å². The fraction of sp³-hybridized carbons (Fsp3) is 0.467. The maximum Gasteiger partial charge on any atom is 0.407 e. The number of aliphatic hydroxyl groups excluding tert-OH is 1. The highest BCUT2D eigenvalue weighted by Gasteiger charge is 2.45. The van der Waals surface area contributed by atoms with Crippen LogP contribution in [0.25, 0.3) is 10.9 Å². The number of sulfonamides is 1. The van der Waals surface area contributed by atoms with E-state index < -0.39 is 59.8 Å². The second-order valence-corrected chi connectivity index (χ2v) is 16.0. The molecule has 1 amide bonds. The first-order chi connectivity index (χ1) is 21.9. The van der Waals surface area contributed by atoms with Crippen LogP contribution in [-0.4, -0.2) is 93.2 Å². The van der Waals surface area contributed by atoms with Crippen molar-refractivity contribution < 1.29 is 45.3 Å². The molecule has 2 aromatic carbocycles. The Bertz CT molecular complexity index is 1910. The van der Waals surface area contributed by atoms with Gasteiger partial charge in [0.1, 0.15) is 35.8 Å². The van der Waals surface area contributed by atoms with Gasteiger partial charge in [-0.2, -0.15) is 4.31 Å². The SMILES string of the molecule is O=C(N[C@H]1COC2(CCN(S(=O)(=O)c3c[nH]c4cc(F)ccc4c3=O)CC2)C1)OC[C@@H](O)COc1cccc(S(=O)(=O)C2CC2)c1. The number of hydrogen-bond acceptors (Lipinski definition) is 10. The Hall–Kier alpha value is -3.57. The molecule has 0 bridgehead atoms. The predicted octanol–water partition coefficient (Wildman–Crippen LogP) is 2.08. The molecule has 1 saturated carbocycles. The van der Waals surface area contributed by atoms with Crippen molar-refractivity contribution in [1.29, 1.82) is 0 Å². The number of nitrogens with zero attached hydrogens (tertiary/aromatic N) is 1. The average Bonchev–Trinajstić information content (AvgIpc) is 3.83. The average molecular weight is 680 g/mol. The molecule has 1 aliphatic carbocycles. The lowest BCUT2D eigenvalue weighted by Gasteiger charge is -2.37. The molecule has 3 aromatic rings. The van der Waals surface area contributed by atoms with E-state index in [9.17, 15) is 35.9 Å². The van der Waals surface area contributed by atoms with Crippen molar-refractivity contribution in [3.8, 4) is 5.75 Å². The van der Waals surface area contributed by atoms with Crippen LogP contribution in [0.2, 0.25) is 0 Å². The molecular formula is C30H34FN3O10S2. The summed E-state index contributed by atoms with van der Waals surface area (Å²) >= 11 is 0. The van der Waals surface area contributed by atoms with Gasteiger partial charge in [0.05, 0.1) is 33.9 Å². The smallest absolute Gasteiger partial charge is 0.407 e. The van der Waals surface area contributed by atoms with Gasteiger partial charge < -0.3 is 29.6 Å². The van der Waals surface area contributed by atoms with Crippen molar-refractivity contribution in [2.24, 2.45) is 0 Å². The standard InChI is InChI=1S/C30H34FN3O10S2/c31-19-4-7-25-26(12-19)32-15-27(28(25)36)46(40,41)34-10-8-30(9-11-34)14-20(16-44-30)33-29(37)43-18-21(35)17-42-22-2-1-3-24(13-22)45(38,39)23-5-6-23/h1-4,7,12-13,15,20-21,23,35H,5-6,8-11,14,16-18H2,(H,32,36)(H,33,37)/t20-,21+/m1/s1. The topological polar surface area (TPSA) is 181 Å². The first-order valence-corrected chi connectivity index (χ1v) is 17.9. The summed E-state index contributed by atoms with van der Waals surface area (Å²) in [6.45, 7) is -0.197. The van der Waals surface area contributed by atoms with Gasteiger partial charge in [0.15, 0.2) is 9.84 Å². The molecule has 1 spiro atoms. The van der Waals surface area contributed by atoms with Gasteiger partial charge in [-0.05, 0) is 68.5 Å². The zero-order valence-electron chi connectivity index (χ0n) is 24.7. The first-order valence-electron chi connectivity index (χ1n) is 14.9. The number of hydrogen-bond donors (Lipinski definition) is 3. The highest BCUT2D eigenvalue weighted by atomic mass is 32.2. The van der Waals surface area contributed by atoms with Crippen LogP contribution in [0.1, 0.15) is 32.1 Å². The molecule has 3 N–H and O–H groups in total. The van der Waals surface area contributed by atoms with Crippen LogP contribution in [0.15, 0.2) is 63.2 Å². The van der Waals surface area contributed by atoms with Crippen molar-refractivity contribution in [1.82, 2.24) is 14.6 Å². The number of aromatic nitrogens is 1. The summed E-state index contributed by atoms with van der Waals surface area (Å²) in [6, 6.07) is 9.13. The molecule has 248 valence electrons. The number of H-pyrrole nitrogens is 1. The predicted molar refractivity (Wildman–Crippen MR) is 162 cm³/mol. The Morgan fingerprint density at radius 2 is 1.89 bits per heavy atom. The van der Waals surface area contributed by atoms with E-state index in [1.165, 1.54) is 22.5 Å². The number of aliphatic hydroxyl groups is 1. The minimum atomic E-state index is -4.13. The maximum atomic E-state index is 13.5. The number of carbonyl (C=O) groups excluding carboxylic acids is 1. The van der Waals surface area contributed by atoms with Crippen LogP contribution in [0.5, 0.6) is 5.75 Å². The molecule has 0 unspecified atom stereocenters. The van der Waals surface area contributed by atoms with Gasteiger partial charge in [0.25, 0.3) is 0 Å². The van der Waals surface area contributed by atoms with E-state index in [2.05, 4.69) is 10.3 Å². The van der Waals surface area contributed by atoms with Gasteiger partial charge in [0, 0.05) is 24.7 Å². The molecule has 6 rings (SSSR count). The molecule has 46 heavy (non-hydrogen) atoms. The van der Waals surface area contributed by atoms with Crippen LogP contribution < -0.4 is 15.5 Å². The summed E-state index contributed by atoms with van der Waals surface area (Å²) in [5.74, 6) is -0.276. The lowest BCUT2D eigenvalue weighted by Crippen LogP contribution is -2.47. The van der Waals surface area contributed by atoms with Crippen molar-refractivity contribution in [3.05, 3.63) is 64.7 Å². The number of ether oxygens (including phenoxy) is 3. The number of alkyl carbamates (subject to hydrolysis) is 1. The van der Waals surface area contributed by atoms with Gasteiger partial charge >= 0.3 is 6.09 Å². The molecule has 13 nitrogen and oxygen atoms in total. The second-order valence-electron chi connectivity index (χ2n) is 11.9. The molecule has 0 radical (unpaired) electrons. The quantitative estimate of drug-likeness (QED) is 0.287. The minimum absolute atomic E-state index is 0.0717. The Morgan fingerprint density at radius 1 is 1.13 bits per heavy atom.